The Kier molecular flexibility index (Phi) is 3.60. The van der Waals surface area contributed by atoms with Gasteiger partial charge in [0.25, 0.3) is 5.89 Å². The number of carbonyl (C=O) groups excluding carboxylic acids is 1. The lowest BCUT2D eigenvalue weighted by Crippen LogP contribution is -2.09. The molecule has 4 rings (SSSR count). The van der Waals surface area contributed by atoms with E-state index in [1.165, 1.54) is 0 Å². The molecule has 0 spiro atoms. The van der Waals surface area contributed by atoms with Gasteiger partial charge in [-0.1, -0.05) is 18.2 Å². The summed E-state index contributed by atoms with van der Waals surface area (Å²) in [6.07, 6.45) is 2.77. The summed E-state index contributed by atoms with van der Waals surface area (Å²) in [4.78, 5) is 12.4. The van der Waals surface area contributed by atoms with Gasteiger partial charge in [-0.3, -0.25) is 0 Å². The second-order valence-electron chi connectivity index (χ2n) is 5.67. The second-order valence-corrected chi connectivity index (χ2v) is 5.67. The van der Waals surface area contributed by atoms with Crippen molar-refractivity contribution in [2.24, 2.45) is 0 Å². The predicted molar refractivity (Wildman–Crippen MR) is 83.7 cm³/mol. The highest BCUT2D eigenvalue weighted by Gasteiger charge is 2.28. The van der Waals surface area contributed by atoms with E-state index in [9.17, 15) is 4.79 Å². The van der Waals surface area contributed by atoms with Crippen LogP contribution in [0, 0.1) is 6.92 Å². The second kappa shape index (κ2) is 5.92. The third kappa shape index (κ3) is 2.58. The van der Waals surface area contributed by atoms with Crippen LogP contribution < -0.4 is 0 Å². The fraction of sp³-hybridized carbons (Fsp3) is 0.294. The van der Waals surface area contributed by atoms with Crippen molar-refractivity contribution in [1.29, 1.82) is 0 Å². The fourth-order valence-corrected chi connectivity index (χ4v) is 2.98. The molecule has 1 aliphatic rings. The minimum absolute atomic E-state index is 0.0490. The van der Waals surface area contributed by atoms with E-state index in [1.54, 1.807) is 6.92 Å². The molecule has 0 radical (unpaired) electrons. The van der Waals surface area contributed by atoms with E-state index in [1.807, 2.05) is 35.0 Å². The molecule has 3 aromatic rings. The van der Waals surface area contributed by atoms with Gasteiger partial charge in [0, 0.05) is 18.2 Å². The molecule has 7 heteroatoms. The number of nitrogens with zero attached hydrogens (tertiary/aromatic N) is 4. The van der Waals surface area contributed by atoms with E-state index >= 15 is 0 Å². The summed E-state index contributed by atoms with van der Waals surface area (Å²) in [5.41, 5.74) is 3.39. The predicted octanol–water partition coefficient (Wildman–Crippen LogP) is 2.41. The largest absolute Gasteiger partial charge is 0.451 e. The molecular formula is C17H16N4O3. The topological polar surface area (TPSA) is 83.0 Å². The summed E-state index contributed by atoms with van der Waals surface area (Å²) in [7, 11) is 0. The van der Waals surface area contributed by atoms with Crippen LogP contribution in [-0.4, -0.2) is 25.9 Å². The quantitative estimate of drug-likeness (QED) is 0.685. The third-order valence-electron chi connectivity index (χ3n) is 4.02. The van der Waals surface area contributed by atoms with Crippen LogP contribution in [-0.2, 0) is 24.2 Å². The molecule has 0 amide bonds. The number of para-hydroxylation sites is 1. The van der Waals surface area contributed by atoms with Crippen LogP contribution >= 0.6 is 0 Å². The van der Waals surface area contributed by atoms with E-state index in [0.29, 0.717) is 11.6 Å². The summed E-state index contributed by atoms with van der Waals surface area (Å²) >= 11 is 0. The molecule has 1 aromatic carbocycles. The van der Waals surface area contributed by atoms with Gasteiger partial charge in [-0.2, -0.15) is 5.10 Å². The van der Waals surface area contributed by atoms with Crippen molar-refractivity contribution < 1.29 is 13.9 Å². The van der Waals surface area contributed by atoms with Crippen LogP contribution in [0.25, 0.3) is 5.69 Å². The van der Waals surface area contributed by atoms with Crippen molar-refractivity contribution in [2.45, 2.75) is 32.8 Å². The Morgan fingerprint density at radius 3 is 2.83 bits per heavy atom. The number of aryl methyl sites for hydroxylation is 1. The summed E-state index contributed by atoms with van der Waals surface area (Å²) in [5.74, 6) is 0.258. The zero-order valence-corrected chi connectivity index (χ0v) is 13.2. The smallest absolute Gasteiger partial charge is 0.359 e. The zero-order chi connectivity index (χ0) is 16.5. The minimum atomic E-state index is -0.460. The average molecular weight is 324 g/mol. The first-order valence-electron chi connectivity index (χ1n) is 7.84. The highest BCUT2D eigenvalue weighted by Crippen LogP contribution is 2.28. The van der Waals surface area contributed by atoms with Crippen LogP contribution in [0.3, 0.4) is 0 Å². The van der Waals surface area contributed by atoms with Gasteiger partial charge in [0.2, 0.25) is 5.89 Å². The average Bonchev–Trinajstić information content (AvgIpc) is 3.29. The fourth-order valence-electron chi connectivity index (χ4n) is 2.98. The maximum absolute atomic E-state index is 12.4. The summed E-state index contributed by atoms with van der Waals surface area (Å²) in [6, 6.07) is 9.81. The molecular weight excluding hydrogens is 308 g/mol. The number of hydrogen-bond acceptors (Lipinski definition) is 6. The molecule has 0 unspecified atom stereocenters. The zero-order valence-electron chi connectivity index (χ0n) is 13.2. The first-order chi connectivity index (χ1) is 11.7. The van der Waals surface area contributed by atoms with Gasteiger partial charge in [0.15, 0.2) is 12.3 Å². The maximum Gasteiger partial charge on any atom is 0.359 e. The van der Waals surface area contributed by atoms with Crippen molar-refractivity contribution in [3.63, 3.8) is 0 Å². The van der Waals surface area contributed by atoms with Crippen molar-refractivity contribution >= 4 is 5.97 Å². The lowest BCUT2D eigenvalue weighted by molar-refractivity contribution is 0.0428. The van der Waals surface area contributed by atoms with Gasteiger partial charge in [-0.05, 0) is 31.4 Å². The van der Waals surface area contributed by atoms with E-state index in [0.717, 1.165) is 36.2 Å². The maximum atomic E-state index is 12.4. The highest BCUT2D eigenvalue weighted by atomic mass is 16.5. The van der Waals surface area contributed by atoms with Crippen molar-refractivity contribution in [1.82, 2.24) is 20.0 Å². The number of aromatic nitrogens is 4. The summed E-state index contributed by atoms with van der Waals surface area (Å²) in [6.45, 7) is 1.64. The Balaban J connectivity index is 1.60. The van der Waals surface area contributed by atoms with Gasteiger partial charge in [-0.15, -0.1) is 10.2 Å². The highest BCUT2D eigenvalue weighted by molar-refractivity contribution is 5.89. The lowest BCUT2D eigenvalue weighted by Gasteiger charge is -2.04. The minimum Gasteiger partial charge on any atom is -0.451 e. The molecule has 1 aliphatic carbocycles. The molecule has 0 N–H and O–H groups in total. The Hall–Kier alpha value is -2.96. The Morgan fingerprint density at radius 1 is 1.25 bits per heavy atom. The number of hydrogen-bond donors (Lipinski definition) is 0. The Labute approximate surface area is 138 Å². The molecule has 0 atom stereocenters. The van der Waals surface area contributed by atoms with Crippen LogP contribution in [0.15, 0.2) is 34.7 Å². The third-order valence-corrected chi connectivity index (χ3v) is 4.02. The van der Waals surface area contributed by atoms with Crippen LogP contribution in [0.1, 0.15) is 39.9 Å². The van der Waals surface area contributed by atoms with Crippen molar-refractivity contribution in [3.05, 3.63) is 59.1 Å². The molecule has 0 aliphatic heterocycles. The number of fused-ring (bicyclic) bond motifs is 1. The van der Waals surface area contributed by atoms with Gasteiger partial charge >= 0.3 is 5.97 Å². The first-order valence-corrected chi connectivity index (χ1v) is 7.84. The van der Waals surface area contributed by atoms with Crippen molar-refractivity contribution in [3.8, 4) is 5.69 Å². The number of ether oxygens (including phenoxy) is 1. The number of esters is 1. The van der Waals surface area contributed by atoms with Gasteiger partial charge < -0.3 is 9.15 Å². The molecule has 2 aromatic heterocycles. The van der Waals surface area contributed by atoms with E-state index in [4.69, 9.17) is 9.15 Å². The molecule has 122 valence electrons. The van der Waals surface area contributed by atoms with Crippen LogP contribution in [0.5, 0.6) is 0 Å². The Bertz CT molecular complexity index is 883. The van der Waals surface area contributed by atoms with Gasteiger partial charge in [0.1, 0.15) is 0 Å². The Morgan fingerprint density at radius 2 is 2.08 bits per heavy atom. The van der Waals surface area contributed by atoms with Gasteiger partial charge in [0.05, 0.1) is 5.69 Å². The lowest BCUT2D eigenvalue weighted by atomic mass is 10.2. The number of rotatable bonds is 4. The van der Waals surface area contributed by atoms with Crippen LogP contribution in [0.4, 0.5) is 0 Å². The molecule has 2 heterocycles. The molecule has 7 nitrogen and oxygen atoms in total. The molecule has 0 bridgehead atoms. The molecule has 0 saturated heterocycles. The number of benzene rings is 1. The van der Waals surface area contributed by atoms with E-state index in [2.05, 4.69) is 15.3 Å². The SMILES string of the molecule is Cc1nnc(COC(=O)c2nn(-c3ccccc3)c3c2CCC3)o1. The first kappa shape index (κ1) is 14.6. The van der Waals surface area contributed by atoms with Crippen molar-refractivity contribution in [2.75, 3.05) is 0 Å². The number of carbonyl (C=O) groups is 1. The standard InChI is InChI=1S/C17H16N4O3/c1-11-18-19-15(24-11)10-23-17(22)16-13-8-5-9-14(13)21(20-16)12-6-3-2-4-7-12/h2-4,6-7H,5,8-10H2,1H3. The molecule has 0 saturated carbocycles. The normalized spacial score (nSPS) is 13.0. The molecule has 24 heavy (non-hydrogen) atoms. The van der Waals surface area contributed by atoms with Crippen LogP contribution in [0.2, 0.25) is 0 Å². The van der Waals surface area contributed by atoms with Gasteiger partial charge in [-0.25, -0.2) is 9.48 Å². The molecule has 0 fully saturated rings. The summed E-state index contributed by atoms with van der Waals surface area (Å²) < 4.78 is 12.3. The summed E-state index contributed by atoms with van der Waals surface area (Å²) in [5, 5.41) is 12.0. The van der Waals surface area contributed by atoms with E-state index < -0.39 is 5.97 Å². The van der Waals surface area contributed by atoms with E-state index in [-0.39, 0.29) is 12.5 Å². The monoisotopic (exact) mass is 324 g/mol.